The summed E-state index contributed by atoms with van der Waals surface area (Å²) in [5.41, 5.74) is 9.32. The van der Waals surface area contributed by atoms with Gasteiger partial charge in [0.15, 0.2) is 0 Å². The molecule has 0 unspecified atom stereocenters. The zero-order chi connectivity index (χ0) is 26.1. The van der Waals surface area contributed by atoms with Gasteiger partial charge in [-0.05, 0) is 55.5 Å². The van der Waals surface area contributed by atoms with E-state index in [9.17, 15) is 9.90 Å². The minimum absolute atomic E-state index is 0.331. The van der Waals surface area contributed by atoms with Gasteiger partial charge < -0.3 is 25.0 Å². The molecule has 0 atom stereocenters. The fourth-order valence-corrected chi connectivity index (χ4v) is 5.91. The fourth-order valence-electron chi connectivity index (χ4n) is 5.91. The van der Waals surface area contributed by atoms with E-state index in [0.717, 1.165) is 72.4 Å². The van der Waals surface area contributed by atoms with Gasteiger partial charge in [-0.15, -0.1) is 0 Å². The number of fused-ring (bicyclic) bond motifs is 1. The first-order valence-electron chi connectivity index (χ1n) is 13.2. The molecule has 2 aromatic carbocycles. The molecule has 9 nitrogen and oxygen atoms in total. The van der Waals surface area contributed by atoms with Crippen molar-refractivity contribution in [2.75, 3.05) is 31.9 Å². The zero-order valence-electron chi connectivity index (χ0n) is 21.2. The van der Waals surface area contributed by atoms with Crippen molar-refractivity contribution in [3.05, 3.63) is 67.1 Å². The van der Waals surface area contributed by atoms with Crippen molar-refractivity contribution in [1.29, 1.82) is 0 Å². The number of nitrogen functional groups attached to an aromatic ring is 1. The van der Waals surface area contributed by atoms with E-state index in [1.165, 1.54) is 4.90 Å². The Morgan fingerprint density at radius 1 is 0.868 bits per heavy atom. The van der Waals surface area contributed by atoms with E-state index < -0.39 is 6.09 Å². The van der Waals surface area contributed by atoms with Crippen molar-refractivity contribution in [2.45, 2.75) is 37.8 Å². The van der Waals surface area contributed by atoms with Gasteiger partial charge in [0.05, 0.1) is 5.39 Å². The molecule has 9 heteroatoms. The first-order chi connectivity index (χ1) is 18.6. The van der Waals surface area contributed by atoms with Gasteiger partial charge in [0.25, 0.3) is 0 Å². The number of carboxylic acid groups (broad SMARTS) is 1. The Morgan fingerprint density at radius 3 is 2.21 bits per heavy atom. The molecule has 2 fully saturated rings. The predicted molar refractivity (Wildman–Crippen MR) is 146 cm³/mol. The smallest absolute Gasteiger partial charge is 0.407 e. The summed E-state index contributed by atoms with van der Waals surface area (Å²) < 4.78 is 8.26. The number of nitrogens with zero attached hydrogens (tertiary/aromatic N) is 5. The van der Waals surface area contributed by atoms with E-state index in [4.69, 9.17) is 10.5 Å². The monoisotopic (exact) mass is 512 g/mol. The molecule has 196 valence electrons. The molecule has 0 radical (unpaired) electrons. The molecule has 3 N–H and O–H groups in total. The summed E-state index contributed by atoms with van der Waals surface area (Å²) in [5.74, 6) is 2.06. The summed E-state index contributed by atoms with van der Waals surface area (Å²) in [6.07, 6.45) is 7.16. The molecule has 2 aromatic heterocycles. The van der Waals surface area contributed by atoms with Crippen LogP contribution in [0.15, 0.2) is 67.1 Å². The third-order valence-electron chi connectivity index (χ3n) is 7.94. The first-order valence-corrected chi connectivity index (χ1v) is 13.2. The van der Waals surface area contributed by atoms with Crippen molar-refractivity contribution >= 4 is 22.9 Å². The number of nitrogens with two attached hydrogens (primary N) is 1. The average molecular weight is 513 g/mol. The van der Waals surface area contributed by atoms with Crippen molar-refractivity contribution in [1.82, 2.24) is 24.3 Å². The largest absolute Gasteiger partial charge is 0.465 e. The van der Waals surface area contributed by atoms with Crippen molar-refractivity contribution in [3.8, 4) is 22.6 Å². The number of hydrogen-bond donors (Lipinski definition) is 2. The SMILES string of the molecule is Nc1ncnc2c1c(-c1ccc(Oc3ccccc3)cc1)cn2[C@H]1CC[C@H](N2CCN(C(=O)O)CC2)CC1. The lowest BCUT2D eigenvalue weighted by Gasteiger charge is -2.41. The third kappa shape index (κ3) is 4.77. The second-order valence-corrected chi connectivity index (χ2v) is 10.1. The number of benzene rings is 2. The average Bonchev–Trinajstić information content (AvgIpc) is 3.35. The molecule has 6 rings (SSSR count). The Morgan fingerprint density at radius 2 is 1.53 bits per heavy atom. The topological polar surface area (TPSA) is 110 Å². The highest BCUT2D eigenvalue weighted by atomic mass is 16.5. The molecular weight excluding hydrogens is 480 g/mol. The lowest BCUT2D eigenvalue weighted by molar-refractivity contribution is 0.0679. The van der Waals surface area contributed by atoms with E-state index in [0.29, 0.717) is 31.0 Å². The van der Waals surface area contributed by atoms with Crippen molar-refractivity contribution < 1.29 is 14.6 Å². The van der Waals surface area contributed by atoms with Crippen LogP contribution in [0.5, 0.6) is 11.5 Å². The quantitative estimate of drug-likeness (QED) is 0.376. The van der Waals surface area contributed by atoms with E-state index in [1.807, 2.05) is 42.5 Å². The van der Waals surface area contributed by atoms with E-state index >= 15 is 0 Å². The van der Waals surface area contributed by atoms with Crippen LogP contribution < -0.4 is 10.5 Å². The van der Waals surface area contributed by atoms with Crippen LogP contribution in [-0.4, -0.2) is 67.8 Å². The maximum absolute atomic E-state index is 11.2. The summed E-state index contributed by atoms with van der Waals surface area (Å²) >= 11 is 0. The number of hydrogen-bond acceptors (Lipinski definition) is 6. The molecule has 0 spiro atoms. The zero-order valence-corrected chi connectivity index (χ0v) is 21.2. The highest BCUT2D eigenvalue weighted by Gasteiger charge is 2.31. The number of aromatic nitrogens is 3. The molecule has 4 aromatic rings. The number of amides is 1. The van der Waals surface area contributed by atoms with E-state index in [1.54, 1.807) is 6.33 Å². The van der Waals surface area contributed by atoms with E-state index in [2.05, 4.69) is 37.8 Å². The van der Waals surface area contributed by atoms with Gasteiger partial charge in [0, 0.05) is 50.0 Å². The van der Waals surface area contributed by atoms with Crippen LogP contribution in [0.2, 0.25) is 0 Å². The minimum atomic E-state index is -0.816. The van der Waals surface area contributed by atoms with Crippen molar-refractivity contribution in [2.24, 2.45) is 0 Å². The van der Waals surface area contributed by atoms with Crippen LogP contribution >= 0.6 is 0 Å². The number of para-hydroxylation sites is 1. The summed E-state index contributed by atoms with van der Waals surface area (Å²) in [4.78, 5) is 24.2. The van der Waals surface area contributed by atoms with Gasteiger partial charge in [-0.3, -0.25) is 4.90 Å². The number of anilines is 1. The highest BCUT2D eigenvalue weighted by Crippen LogP contribution is 2.39. The molecule has 2 aliphatic rings. The summed E-state index contributed by atoms with van der Waals surface area (Å²) in [7, 11) is 0. The third-order valence-corrected chi connectivity index (χ3v) is 7.94. The molecule has 3 heterocycles. The fraction of sp³-hybridized carbons (Fsp3) is 0.345. The second-order valence-electron chi connectivity index (χ2n) is 10.1. The van der Waals surface area contributed by atoms with Crippen LogP contribution in [0, 0.1) is 0 Å². The normalized spacial score (nSPS) is 20.5. The van der Waals surface area contributed by atoms with Gasteiger partial charge >= 0.3 is 6.09 Å². The molecule has 1 saturated carbocycles. The number of rotatable bonds is 5. The first kappa shape index (κ1) is 24.2. The van der Waals surface area contributed by atoms with Crippen LogP contribution in [0.1, 0.15) is 31.7 Å². The number of ether oxygens (including phenoxy) is 1. The molecule has 1 saturated heterocycles. The van der Waals surface area contributed by atoms with Gasteiger partial charge in [-0.2, -0.15) is 0 Å². The standard InChI is InChI=1S/C29H32N6O3/c30-27-26-25(20-6-12-24(13-7-20)38-23-4-2-1-3-5-23)18-35(28(26)32-19-31-27)22-10-8-21(9-11-22)33-14-16-34(17-15-33)29(36)37/h1-7,12-13,18-19,21-22H,8-11,14-17H2,(H,36,37)(H2,30,31,32)/t21-,22-. The molecule has 1 aliphatic carbocycles. The Hall–Kier alpha value is -4.11. The van der Waals surface area contributed by atoms with Gasteiger partial charge in [0.2, 0.25) is 0 Å². The maximum atomic E-state index is 11.2. The highest BCUT2D eigenvalue weighted by molar-refractivity contribution is 6.00. The number of carbonyl (C=O) groups is 1. The maximum Gasteiger partial charge on any atom is 0.407 e. The van der Waals surface area contributed by atoms with Gasteiger partial charge in [-0.1, -0.05) is 30.3 Å². The van der Waals surface area contributed by atoms with Crippen LogP contribution in [0.3, 0.4) is 0 Å². The Kier molecular flexibility index (Phi) is 6.59. The molecule has 1 amide bonds. The van der Waals surface area contributed by atoms with Gasteiger partial charge in [0.1, 0.15) is 29.3 Å². The van der Waals surface area contributed by atoms with Crippen molar-refractivity contribution in [3.63, 3.8) is 0 Å². The lowest BCUT2D eigenvalue weighted by Crippen LogP contribution is -2.52. The molecule has 0 bridgehead atoms. The molecule has 1 aliphatic heterocycles. The molecular formula is C29H32N6O3. The Labute approximate surface area is 221 Å². The van der Waals surface area contributed by atoms with Crippen LogP contribution in [0.25, 0.3) is 22.2 Å². The second kappa shape index (κ2) is 10.3. The summed E-state index contributed by atoms with van der Waals surface area (Å²) in [6.45, 7) is 2.80. The Bertz CT molecular complexity index is 1410. The van der Waals surface area contributed by atoms with Crippen LogP contribution in [0.4, 0.5) is 10.6 Å². The Balaban J connectivity index is 1.20. The summed E-state index contributed by atoms with van der Waals surface area (Å²) in [6, 6.07) is 18.6. The predicted octanol–water partition coefficient (Wildman–Crippen LogP) is 5.25. The molecule has 38 heavy (non-hydrogen) atoms. The lowest BCUT2D eigenvalue weighted by atomic mass is 9.89. The number of piperazine rings is 1. The summed E-state index contributed by atoms with van der Waals surface area (Å²) in [5, 5.41) is 10.1. The van der Waals surface area contributed by atoms with E-state index in [-0.39, 0.29) is 0 Å². The van der Waals surface area contributed by atoms with Crippen LogP contribution in [-0.2, 0) is 0 Å². The van der Waals surface area contributed by atoms with Gasteiger partial charge in [-0.25, -0.2) is 14.8 Å². The minimum Gasteiger partial charge on any atom is -0.465 e.